The highest BCUT2D eigenvalue weighted by atomic mass is 19.1. The van der Waals surface area contributed by atoms with Gasteiger partial charge in [0.25, 0.3) is 11.6 Å². The number of rotatable bonds is 4. The van der Waals surface area contributed by atoms with E-state index in [1.165, 1.54) is 47.4 Å². The topological polar surface area (TPSA) is 123 Å². The van der Waals surface area contributed by atoms with E-state index in [-0.39, 0.29) is 17.4 Å². The van der Waals surface area contributed by atoms with Crippen molar-refractivity contribution in [2.24, 2.45) is 0 Å². The van der Waals surface area contributed by atoms with Gasteiger partial charge in [-0.15, -0.1) is 5.10 Å². The summed E-state index contributed by atoms with van der Waals surface area (Å²) in [6.07, 6.45) is 1.43. The Balaban J connectivity index is 1.33. The zero-order valence-electron chi connectivity index (χ0n) is 17.2. The summed E-state index contributed by atoms with van der Waals surface area (Å²) in [5.41, 5.74) is 1.98. The monoisotopic (exact) mass is 448 g/mol. The molecule has 3 heterocycles. The first-order valence-corrected chi connectivity index (χ1v) is 10.1. The van der Waals surface area contributed by atoms with Gasteiger partial charge in [-0.25, -0.2) is 14.4 Å². The Morgan fingerprint density at radius 2 is 1.67 bits per heavy atom. The van der Waals surface area contributed by atoms with Gasteiger partial charge in [-0.3, -0.25) is 14.9 Å². The van der Waals surface area contributed by atoms with E-state index in [1.807, 2.05) is 4.90 Å². The van der Waals surface area contributed by atoms with Crippen molar-refractivity contribution in [1.29, 1.82) is 0 Å². The number of amides is 1. The van der Waals surface area contributed by atoms with Crippen LogP contribution >= 0.6 is 0 Å². The van der Waals surface area contributed by atoms with Crippen molar-refractivity contribution in [2.75, 3.05) is 31.1 Å². The number of nitrogens with zero attached hydrogens (tertiary/aromatic N) is 8. The second-order valence-electron chi connectivity index (χ2n) is 7.43. The number of nitro benzene ring substituents is 1. The van der Waals surface area contributed by atoms with Crippen LogP contribution in [0, 0.1) is 15.9 Å². The minimum atomic E-state index is -0.498. The molecule has 1 amide bonds. The third kappa shape index (κ3) is 3.82. The molecule has 2 aromatic heterocycles. The Morgan fingerprint density at radius 1 is 0.970 bits per heavy atom. The molecular weight excluding hydrogens is 431 g/mol. The van der Waals surface area contributed by atoms with Crippen molar-refractivity contribution in [3.05, 3.63) is 76.4 Å². The number of non-ortho nitro benzene ring substituents is 1. The van der Waals surface area contributed by atoms with Crippen molar-refractivity contribution in [2.45, 2.75) is 0 Å². The van der Waals surface area contributed by atoms with E-state index in [2.05, 4.69) is 20.3 Å². The predicted molar refractivity (Wildman–Crippen MR) is 116 cm³/mol. The lowest BCUT2D eigenvalue weighted by Crippen LogP contribution is -2.49. The minimum Gasteiger partial charge on any atom is -0.351 e. The fourth-order valence-electron chi connectivity index (χ4n) is 3.75. The second kappa shape index (κ2) is 8.22. The number of halogens is 1. The Hall–Kier alpha value is -4.48. The van der Waals surface area contributed by atoms with Crippen molar-refractivity contribution in [3.63, 3.8) is 0 Å². The van der Waals surface area contributed by atoms with Gasteiger partial charge in [-0.2, -0.15) is 4.68 Å². The number of hydrogen-bond donors (Lipinski definition) is 0. The Kier molecular flexibility index (Phi) is 5.09. The lowest BCUT2D eigenvalue weighted by molar-refractivity contribution is -0.384. The molecule has 0 spiro atoms. The number of anilines is 1. The van der Waals surface area contributed by atoms with Crippen LogP contribution in [0.15, 0.2) is 54.9 Å². The van der Waals surface area contributed by atoms with Gasteiger partial charge in [0.15, 0.2) is 17.0 Å². The molecule has 0 unspecified atom stereocenters. The predicted octanol–water partition coefficient (Wildman–Crippen LogP) is 2.22. The molecule has 1 fully saturated rings. The number of fused-ring (bicyclic) bond motifs is 1. The number of hydrogen-bond acceptors (Lipinski definition) is 8. The maximum atomic E-state index is 13.3. The molecule has 0 bridgehead atoms. The van der Waals surface area contributed by atoms with Gasteiger partial charge in [0.05, 0.1) is 10.6 Å². The van der Waals surface area contributed by atoms with Gasteiger partial charge in [-0.1, -0.05) is 5.21 Å². The van der Waals surface area contributed by atoms with Crippen LogP contribution in [0.3, 0.4) is 0 Å². The summed E-state index contributed by atoms with van der Waals surface area (Å²) in [5.74, 6) is 0.0788. The van der Waals surface area contributed by atoms with Gasteiger partial charge in [0.1, 0.15) is 12.1 Å². The Bertz CT molecular complexity index is 1330. The number of aromatic nitrogens is 5. The van der Waals surface area contributed by atoms with Gasteiger partial charge >= 0.3 is 0 Å². The number of carbonyl (C=O) groups excluding carboxylic acids is 1. The summed E-state index contributed by atoms with van der Waals surface area (Å²) in [6, 6.07) is 11.4. The summed E-state index contributed by atoms with van der Waals surface area (Å²) in [6.45, 7) is 1.95. The van der Waals surface area contributed by atoms with E-state index in [9.17, 15) is 19.3 Å². The maximum Gasteiger partial charge on any atom is 0.269 e. The smallest absolute Gasteiger partial charge is 0.269 e. The van der Waals surface area contributed by atoms with Crippen LogP contribution in [-0.4, -0.2) is 66.9 Å². The average molecular weight is 448 g/mol. The van der Waals surface area contributed by atoms with E-state index in [0.29, 0.717) is 54.4 Å². The molecule has 0 radical (unpaired) electrons. The molecule has 5 rings (SSSR count). The molecule has 12 heteroatoms. The zero-order valence-corrected chi connectivity index (χ0v) is 17.2. The third-order valence-corrected chi connectivity index (χ3v) is 5.48. The molecule has 1 saturated heterocycles. The normalized spacial score (nSPS) is 14.0. The molecule has 1 aliphatic rings. The average Bonchev–Trinajstić information content (AvgIpc) is 3.28. The first kappa shape index (κ1) is 20.4. The van der Waals surface area contributed by atoms with E-state index in [1.54, 1.807) is 17.0 Å². The first-order valence-electron chi connectivity index (χ1n) is 10.1. The maximum absolute atomic E-state index is 13.3. The quantitative estimate of drug-likeness (QED) is 0.344. The van der Waals surface area contributed by atoms with E-state index >= 15 is 0 Å². The SMILES string of the molecule is O=C(c1ccc([N+](=O)[O-])cc1)N1CCN(c2ncnc3c2nnn3-c2ccc(F)cc2)CC1. The standard InChI is InChI=1S/C21H17FN8O3/c22-15-3-7-16(8-4-15)29-20-18(25-26-29)19(23-13-24-20)27-9-11-28(12-10-27)21(31)14-1-5-17(6-2-14)30(32)33/h1-8,13H,9-12H2. The molecule has 4 aromatic rings. The third-order valence-electron chi connectivity index (χ3n) is 5.48. The number of piperazine rings is 1. The number of nitro groups is 1. The van der Waals surface area contributed by atoms with Crippen LogP contribution in [0.5, 0.6) is 0 Å². The van der Waals surface area contributed by atoms with Crippen molar-refractivity contribution < 1.29 is 14.1 Å². The molecule has 0 atom stereocenters. The molecule has 33 heavy (non-hydrogen) atoms. The largest absolute Gasteiger partial charge is 0.351 e. The summed E-state index contributed by atoms with van der Waals surface area (Å²) >= 11 is 0. The molecule has 2 aromatic carbocycles. The van der Waals surface area contributed by atoms with Gasteiger partial charge in [0, 0.05) is 43.9 Å². The van der Waals surface area contributed by atoms with Gasteiger partial charge < -0.3 is 9.80 Å². The molecule has 166 valence electrons. The Labute approximate surface area is 186 Å². The highest BCUT2D eigenvalue weighted by Crippen LogP contribution is 2.24. The first-order chi connectivity index (χ1) is 16.0. The minimum absolute atomic E-state index is 0.0576. The molecule has 0 N–H and O–H groups in total. The lowest BCUT2D eigenvalue weighted by Gasteiger charge is -2.35. The van der Waals surface area contributed by atoms with Gasteiger partial charge in [-0.05, 0) is 36.4 Å². The van der Waals surface area contributed by atoms with Crippen molar-refractivity contribution in [3.8, 4) is 5.69 Å². The fraction of sp³-hybridized carbons (Fsp3) is 0.190. The second-order valence-corrected chi connectivity index (χ2v) is 7.43. The van der Waals surface area contributed by atoms with Crippen LogP contribution in [0.25, 0.3) is 16.9 Å². The molecule has 1 aliphatic heterocycles. The molecular formula is C21H17FN8O3. The van der Waals surface area contributed by atoms with Crippen LogP contribution < -0.4 is 4.90 Å². The highest BCUT2D eigenvalue weighted by molar-refractivity contribution is 5.94. The van der Waals surface area contributed by atoms with E-state index in [4.69, 9.17) is 0 Å². The number of carbonyl (C=O) groups is 1. The van der Waals surface area contributed by atoms with E-state index < -0.39 is 4.92 Å². The van der Waals surface area contributed by atoms with Crippen LogP contribution in [0.1, 0.15) is 10.4 Å². The zero-order chi connectivity index (χ0) is 22.9. The molecule has 0 saturated carbocycles. The highest BCUT2D eigenvalue weighted by Gasteiger charge is 2.26. The van der Waals surface area contributed by atoms with Crippen LogP contribution in [-0.2, 0) is 0 Å². The number of benzene rings is 2. The lowest BCUT2D eigenvalue weighted by atomic mass is 10.1. The molecule has 0 aliphatic carbocycles. The van der Waals surface area contributed by atoms with Gasteiger partial charge in [0.2, 0.25) is 0 Å². The molecule has 11 nitrogen and oxygen atoms in total. The summed E-state index contributed by atoms with van der Waals surface area (Å²) in [7, 11) is 0. The Morgan fingerprint density at radius 3 is 2.33 bits per heavy atom. The summed E-state index contributed by atoms with van der Waals surface area (Å²) in [5, 5.41) is 19.2. The van der Waals surface area contributed by atoms with Crippen LogP contribution in [0.4, 0.5) is 15.9 Å². The summed E-state index contributed by atoms with van der Waals surface area (Å²) < 4.78 is 14.8. The van der Waals surface area contributed by atoms with Crippen LogP contribution in [0.2, 0.25) is 0 Å². The summed E-state index contributed by atoms with van der Waals surface area (Å²) in [4.78, 5) is 35.5. The fourth-order valence-corrected chi connectivity index (χ4v) is 3.75. The van der Waals surface area contributed by atoms with Crippen molar-refractivity contribution >= 4 is 28.6 Å². The van der Waals surface area contributed by atoms with Crippen molar-refractivity contribution in [1.82, 2.24) is 29.9 Å². The van der Waals surface area contributed by atoms with E-state index in [0.717, 1.165) is 0 Å².